The Morgan fingerprint density at radius 3 is 2.78 bits per heavy atom. The van der Waals surface area contributed by atoms with Crippen molar-refractivity contribution in [3.63, 3.8) is 0 Å². The first kappa shape index (κ1) is 6.58. The Morgan fingerprint density at radius 2 is 2.44 bits per heavy atom. The summed E-state index contributed by atoms with van der Waals surface area (Å²) in [6.45, 7) is 0. The molecule has 1 rings (SSSR count). The second kappa shape index (κ2) is 2.01. The van der Waals surface area contributed by atoms with Gasteiger partial charge in [-0.2, -0.15) is 0 Å². The maximum atomic E-state index is 12.1. The zero-order valence-electron chi connectivity index (χ0n) is 4.57. The van der Waals surface area contributed by atoms with Gasteiger partial charge in [-0.3, -0.25) is 5.73 Å². The van der Waals surface area contributed by atoms with E-state index in [1.54, 1.807) is 0 Å². The van der Waals surface area contributed by atoms with Gasteiger partial charge in [-0.1, -0.05) is 11.6 Å². The zero-order valence-corrected chi connectivity index (χ0v) is 5.32. The number of rotatable bonds is 0. The predicted molar refractivity (Wildman–Crippen MR) is 34.2 cm³/mol. The molecule has 1 aliphatic rings. The fourth-order valence-electron chi connectivity index (χ4n) is 0.477. The smallest absolute Gasteiger partial charge is 0.183 e. The van der Waals surface area contributed by atoms with Gasteiger partial charge in [0, 0.05) is 6.20 Å². The summed E-state index contributed by atoms with van der Waals surface area (Å²) in [5.41, 5.74) is 5.30. The van der Waals surface area contributed by atoms with E-state index in [2.05, 4.69) is 5.32 Å². The molecule has 9 heavy (non-hydrogen) atoms. The predicted octanol–water partition coefficient (Wildman–Crippen LogP) is 0.808. The summed E-state index contributed by atoms with van der Waals surface area (Å²) < 4.78 is 12.1. The molecule has 0 bridgehead atoms. The normalized spacial score (nSPS) is 33.4. The molecular formula is C5H6ClFN2. The molecule has 0 aliphatic carbocycles. The Balaban J connectivity index is 2.70. The Labute approximate surface area is 57.2 Å². The molecule has 0 aromatic rings. The van der Waals surface area contributed by atoms with E-state index < -0.39 is 5.12 Å². The first-order valence-corrected chi connectivity index (χ1v) is 2.78. The van der Waals surface area contributed by atoms with Gasteiger partial charge in [0.25, 0.3) is 0 Å². The molecular weight excluding hydrogens is 143 g/mol. The Hall–Kier alpha value is -0.540. The third-order valence-electron chi connectivity index (χ3n) is 0.916. The number of hydrogen-bond acceptors (Lipinski definition) is 2. The molecule has 3 N–H and O–H groups in total. The van der Waals surface area contributed by atoms with Crippen LogP contribution >= 0.6 is 11.6 Å². The lowest BCUT2D eigenvalue weighted by Gasteiger charge is -2.20. The maximum absolute atomic E-state index is 12.1. The monoisotopic (exact) mass is 148 g/mol. The average molecular weight is 149 g/mol. The number of halogens is 2. The minimum Gasteiger partial charge on any atom is -0.355 e. The van der Waals surface area contributed by atoms with Gasteiger partial charge in [0.2, 0.25) is 0 Å². The van der Waals surface area contributed by atoms with Crippen LogP contribution < -0.4 is 11.1 Å². The van der Waals surface area contributed by atoms with Crippen LogP contribution in [0.3, 0.4) is 0 Å². The average Bonchev–Trinajstić information content (AvgIpc) is 1.78. The molecule has 50 valence electrons. The van der Waals surface area contributed by atoms with Crippen molar-refractivity contribution in [2.24, 2.45) is 5.73 Å². The van der Waals surface area contributed by atoms with Gasteiger partial charge in [0.1, 0.15) is 5.83 Å². The van der Waals surface area contributed by atoms with Gasteiger partial charge in [-0.25, -0.2) is 4.39 Å². The van der Waals surface area contributed by atoms with Crippen molar-refractivity contribution >= 4 is 11.6 Å². The van der Waals surface area contributed by atoms with Gasteiger partial charge >= 0.3 is 0 Å². The molecule has 0 aromatic carbocycles. The number of dihydropyridines is 1. The molecule has 1 unspecified atom stereocenters. The summed E-state index contributed by atoms with van der Waals surface area (Å²) in [5.74, 6) is -0.378. The SMILES string of the molecule is NC1(Cl)C=CC(F)=CN1. The fourth-order valence-corrected chi connectivity index (χ4v) is 0.594. The van der Waals surface area contributed by atoms with Crippen LogP contribution in [0.25, 0.3) is 0 Å². The summed E-state index contributed by atoms with van der Waals surface area (Å²) in [4.78, 5) is 0. The van der Waals surface area contributed by atoms with Crippen LogP contribution in [0.5, 0.6) is 0 Å². The maximum Gasteiger partial charge on any atom is 0.183 e. The van der Waals surface area contributed by atoms with Crippen molar-refractivity contribution in [2.45, 2.75) is 5.12 Å². The van der Waals surface area contributed by atoms with Crippen LogP contribution in [0, 0.1) is 0 Å². The second-order valence-electron chi connectivity index (χ2n) is 1.77. The molecule has 2 nitrogen and oxygen atoms in total. The molecule has 0 fully saturated rings. The Kier molecular flexibility index (Phi) is 1.47. The van der Waals surface area contributed by atoms with Crippen LogP contribution in [0.2, 0.25) is 0 Å². The summed E-state index contributed by atoms with van der Waals surface area (Å²) in [5, 5.41) is 1.31. The highest BCUT2D eigenvalue weighted by Crippen LogP contribution is 2.12. The van der Waals surface area contributed by atoms with Crippen molar-refractivity contribution in [1.29, 1.82) is 0 Å². The molecule has 0 amide bonds. The molecule has 0 radical (unpaired) electrons. The lowest BCUT2D eigenvalue weighted by atomic mass is 10.3. The van der Waals surface area contributed by atoms with Crippen molar-refractivity contribution in [2.75, 3.05) is 0 Å². The number of nitrogens with one attached hydrogen (secondary N) is 1. The highest BCUT2D eigenvalue weighted by Gasteiger charge is 2.17. The molecule has 1 atom stereocenters. The van der Waals surface area contributed by atoms with E-state index in [-0.39, 0.29) is 5.83 Å². The van der Waals surface area contributed by atoms with Crippen LogP contribution in [0.15, 0.2) is 24.2 Å². The quantitative estimate of drug-likeness (QED) is 0.394. The van der Waals surface area contributed by atoms with Gasteiger partial charge < -0.3 is 5.32 Å². The van der Waals surface area contributed by atoms with Crippen molar-refractivity contribution < 1.29 is 4.39 Å². The summed E-state index contributed by atoms with van der Waals surface area (Å²) in [6, 6.07) is 0. The van der Waals surface area contributed by atoms with Crippen LogP contribution in [-0.2, 0) is 0 Å². The van der Waals surface area contributed by atoms with Crippen LogP contribution in [0.1, 0.15) is 0 Å². The molecule has 4 heteroatoms. The van der Waals surface area contributed by atoms with E-state index in [9.17, 15) is 4.39 Å². The van der Waals surface area contributed by atoms with Gasteiger partial charge in [0.05, 0.1) is 0 Å². The van der Waals surface area contributed by atoms with E-state index in [4.69, 9.17) is 17.3 Å². The third-order valence-corrected chi connectivity index (χ3v) is 1.15. The number of nitrogens with two attached hydrogens (primary N) is 1. The lowest BCUT2D eigenvalue weighted by molar-refractivity contribution is 0.588. The number of hydrogen-bond donors (Lipinski definition) is 2. The Bertz CT molecular complexity index is 174. The van der Waals surface area contributed by atoms with Gasteiger partial charge in [-0.05, 0) is 12.2 Å². The highest BCUT2D eigenvalue weighted by molar-refractivity contribution is 6.24. The van der Waals surface area contributed by atoms with Crippen LogP contribution in [0.4, 0.5) is 4.39 Å². The number of allylic oxidation sites excluding steroid dienone is 2. The van der Waals surface area contributed by atoms with E-state index in [0.29, 0.717) is 0 Å². The minimum absolute atomic E-state index is 0.378. The zero-order chi connectivity index (χ0) is 6.91. The van der Waals surface area contributed by atoms with Gasteiger partial charge in [0.15, 0.2) is 5.12 Å². The first-order valence-electron chi connectivity index (χ1n) is 2.40. The van der Waals surface area contributed by atoms with E-state index >= 15 is 0 Å². The van der Waals surface area contributed by atoms with Crippen molar-refractivity contribution in [3.05, 3.63) is 24.2 Å². The topological polar surface area (TPSA) is 38.0 Å². The summed E-state index contributed by atoms with van der Waals surface area (Å²) >= 11 is 5.51. The fraction of sp³-hybridized carbons (Fsp3) is 0.200. The molecule has 0 saturated carbocycles. The molecule has 1 aliphatic heterocycles. The van der Waals surface area contributed by atoms with E-state index in [1.165, 1.54) is 12.2 Å². The standard InChI is InChI=1S/C5H6ClFN2/c6-5(8)2-1-4(7)3-9-5/h1-3,9H,8H2. The lowest BCUT2D eigenvalue weighted by Crippen LogP contribution is -2.44. The highest BCUT2D eigenvalue weighted by atomic mass is 35.5. The summed E-state index contributed by atoms with van der Waals surface area (Å²) in [6.07, 6.45) is 3.67. The van der Waals surface area contributed by atoms with Gasteiger partial charge in [-0.15, -0.1) is 0 Å². The van der Waals surface area contributed by atoms with Crippen LogP contribution in [-0.4, -0.2) is 5.12 Å². The number of alkyl halides is 1. The third kappa shape index (κ3) is 1.69. The molecule has 1 heterocycles. The van der Waals surface area contributed by atoms with Crippen molar-refractivity contribution in [3.8, 4) is 0 Å². The molecule has 0 saturated heterocycles. The van der Waals surface area contributed by atoms with E-state index in [0.717, 1.165) is 6.20 Å². The second-order valence-corrected chi connectivity index (χ2v) is 2.40. The first-order chi connectivity index (χ1) is 4.10. The van der Waals surface area contributed by atoms with E-state index in [1.807, 2.05) is 0 Å². The summed E-state index contributed by atoms with van der Waals surface area (Å²) in [7, 11) is 0. The minimum atomic E-state index is -1.12. The Morgan fingerprint density at radius 1 is 1.78 bits per heavy atom. The van der Waals surface area contributed by atoms with Crippen molar-refractivity contribution in [1.82, 2.24) is 5.32 Å². The largest absolute Gasteiger partial charge is 0.355 e. The molecule has 0 aromatic heterocycles. The molecule has 0 spiro atoms.